The molecule has 0 radical (unpaired) electrons. The zero-order valence-electron chi connectivity index (χ0n) is 10.2. The van der Waals surface area contributed by atoms with Crippen molar-refractivity contribution in [3.05, 3.63) is 17.5 Å². The lowest BCUT2D eigenvalue weighted by atomic mass is 9.93. The van der Waals surface area contributed by atoms with Crippen LogP contribution in [-0.2, 0) is 7.05 Å². The minimum absolute atomic E-state index is 0.146. The Morgan fingerprint density at radius 1 is 1.31 bits per heavy atom. The predicted octanol–water partition coefficient (Wildman–Crippen LogP) is 3.06. The smallest absolute Gasteiger partial charge is 0.163 e. The monoisotopic (exact) mass is 220 g/mol. The summed E-state index contributed by atoms with van der Waals surface area (Å²) in [7, 11) is 1.95. The van der Waals surface area contributed by atoms with Crippen molar-refractivity contribution >= 4 is 5.78 Å². The van der Waals surface area contributed by atoms with Gasteiger partial charge in [-0.25, -0.2) is 0 Å². The van der Waals surface area contributed by atoms with Crippen LogP contribution in [0.15, 0.2) is 6.20 Å². The number of rotatable bonds is 2. The van der Waals surface area contributed by atoms with Gasteiger partial charge in [0.25, 0.3) is 0 Å². The van der Waals surface area contributed by atoms with Gasteiger partial charge in [0.1, 0.15) is 0 Å². The van der Waals surface area contributed by atoms with E-state index in [4.69, 9.17) is 0 Å². The summed E-state index contributed by atoms with van der Waals surface area (Å²) in [5.74, 6) is 0.682. The average molecular weight is 220 g/mol. The Morgan fingerprint density at radius 2 is 1.94 bits per heavy atom. The highest BCUT2D eigenvalue weighted by atomic mass is 16.1. The molecular weight excluding hydrogens is 200 g/mol. The van der Waals surface area contributed by atoms with Crippen molar-refractivity contribution in [2.45, 2.75) is 51.4 Å². The second-order valence-electron chi connectivity index (χ2n) is 4.81. The highest BCUT2D eigenvalue weighted by molar-refractivity contribution is 5.95. The number of carbonyl (C=O) groups excluding carboxylic acids is 1. The van der Waals surface area contributed by atoms with E-state index in [2.05, 4.69) is 5.10 Å². The van der Waals surface area contributed by atoms with Crippen molar-refractivity contribution in [1.82, 2.24) is 9.78 Å². The number of nitrogens with zero attached hydrogens (tertiary/aromatic N) is 2. The maximum absolute atomic E-state index is 11.6. The molecule has 0 amide bonds. The van der Waals surface area contributed by atoms with Gasteiger partial charge in [0.05, 0.1) is 17.5 Å². The molecule has 1 aliphatic rings. The van der Waals surface area contributed by atoms with Crippen LogP contribution in [0.5, 0.6) is 0 Å². The summed E-state index contributed by atoms with van der Waals surface area (Å²) >= 11 is 0. The largest absolute Gasteiger partial charge is 0.294 e. The van der Waals surface area contributed by atoms with Crippen LogP contribution in [0.4, 0.5) is 0 Å². The Labute approximate surface area is 96.8 Å². The van der Waals surface area contributed by atoms with Gasteiger partial charge in [-0.15, -0.1) is 0 Å². The molecule has 0 aromatic carbocycles. The quantitative estimate of drug-likeness (QED) is 0.567. The molecule has 0 unspecified atom stereocenters. The maximum Gasteiger partial charge on any atom is 0.163 e. The highest BCUT2D eigenvalue weighted by Gasteiger charge is 2.22. The third-order valence-corrected chi connectivity index (χ3v) is 3.61. The summed E-state index contributed by atoms with van der Waals surface area (Å²) in [5, 5.41) is 4.24. The molecule has 16 heavy (non-hydrogen) atoms. The molecule has 1 saturated carbocycles. The predicted molar refractivity (Wildman–Crippen MR) is 63.7 cm³/mol. The van der Waals surface area contributed by atoms with Crippen LogP contribution in [0.3, 0.4) is 0 Å². The third-order valence-electron chi connectivity index (χ3n) is 3.61. The molecule has 0 saturated heterocycles. The van der Waals surface area contributed by atoms with Gasteiger partial charge in [-0.05, 0) is 19.8 Å². The summed E-state index contributed by atoms with van der Waals surface area (Å²) in [6, 6.07) is 0. The number of ketones is 1. The van der Waals surface area contributed by atoms with Gasteiger partial charge in [-0.3, -0.25) is 9.48 Å². The van der Waals surface area contributed by atoms with E-state index in [1.54, 1.807) is 13.1 Å². The topological polar surface area (TPSA) is 34.9 Å². The summed E-state index contributed by atoms with van der Waals surface area (Å²) < 4.78 is 1.90. The van der Waals surface area contributed by atoms with E-state index in [9.17, 15) is 4.79 Å². The lowest BCUT2D eigenvalue weighted by molar-refractivity contribution is 0.101. The molecule has 1 heterocycles. The van der Waals surface area contributed by atoms with Crippen molar-refractivity contribution in [3.63, 3.8) is 0 Å². The molecule has 88 valence electrons. The van der Waals surface area contributed by atoms with Crippen LogP contribution in [0.25, 0.3) is 0 Å². The van der Waals surface area contributed by atoms with Gasteiger partial charge in [0, 0.05) is 13.0 Å². The first kappa shape index (κ1) is 11.4. The standard InChI is InChI=1S/C13H20N2O/c1-10(16)12-9-14-15(2)13(12)11-7-5-3-4-6-8-11/h9,11H,3-8H2,1-2H3. The van der Waals surface area contributed by atoms with Gasteiger partial charge in [-0.1, -0.05) is 25.7 Å². The number of hydrogen-bond acceptors (Lipinski definition) is 2. The van der Waals surface area contributed by atoms with Crippen LogP contribution in [-0.4, -0.2) is 15.6 Å². The molecule has 1 aliphatic carbocycles. The zero-order chi connectivity index (χ0) is 11.5. The number of aromatic nitrogens is 2. The lowest BCUT2D eigenvalue weighted by Crippen LogP contribution is -2.09. The number of carbonyl (C=O) groups is 1. The molecule has 1 fully saturated rings. The molecule has 3 nitrogen and oxygen atoms in total. The van der Waals surface area contributed by atoms with E-state index < -0.39 is 0 Å². The van der Waals surface area contributed by atoms with Crippen LogP contribution >= 0.6 is 0 Å². The fourth-order valence-corrected chi connectivity index (χ4v) is 2.76. The molecule has 3 heteroatoms. The van der Waals surface area contributed by atoms with Gasteiger partial charge in [-0.2, -0.15) is 5.10 Å². The Morgan fingerprint density at radius 3 is 2.50 bits per heavy atom. The van der Waals surface area contributed by atoms with Crippen LogP contribution < -0.4 is 0 Å². The summed E-state index contributed by atoms with van der Waals surface area (Å²) in [6.45, 7) is 1.64. The average Bonchev–Trinajstić information content (AvgIpc) is 2.50. The Hall–Kier alpha value is -1.12. The molecular formula is C13H20N2O. The van der Waals surface area contributed by atoms with Gasteiger partial charge in [0.2, 0.25) is 0 Å². The highest BCUT2D eigenvalue weighted by Crippen LogP contribution is 2.33. The molecule has 0 N–H and O–H groups in total. The molecule has 2 rings (SSSR count). The van der Waals surface area contributed by atoms with Crippen molar-refractivity contribution < 1.29 is 4.79 Å². The molecule has 0 spiro atoms. The van der Waals surface area contributed by atoms with Gasteiger partial charge in [0.15, 0.2) is 5.78 Å². The Balaban J connectivity index is 2.29. The fraction of sp³-hybridized carbons (Fsp3) is 0.692. The molecule has 0 bridgehead atoms. The first-order valence-electron chi connectivity index (χ1n) is 6.23. The van der Waals surface area contributed by atoms with Crippen molar-refractivity contribution in [1.29, 1.82) is 0 Å². The minimum Gasteiger partial charge on any atom is -0.294 e. The Kier molecular flexibility index (Phi) is 3.42. The van der Waals surface area contributed by atoms with E-state index in [1.807, 2.05) is 11.7 Å². The third kappa shape index (κ3) is 2.18. The molecule has 1 aromatic rings. The van der Waals surface area contributed by atoms with E-state index in [0.29, 0.717) is 5.92 Å². The number of aryl methyl sites for hydroxylation is 1. The Bertz CT molecular complexity index is 373. The van der Waals surface area contributed by atoms with E-state index in [0.717, 1.165) is 11.3 Å². The van der Waals surface area contributed by atoms with Gasteiger partial charge >= 0.3 is 0 Å². The van der Waals surface area contributed by atoms with Crippen molar-refractivity contribution in [2.75, 3.05) is 0 Å². The van der Waals surface area contributed by atoms with Crippen molar-refractivity contribution in [3.8, 4) is 0 Å². The minimum atomic E-state index is 0.146. The van der Waals surface area contributed by atoms with Crippen molar-refractivity contribution in [2.24, 2.45) is 7.05 Å². The summed E-state index contributed by atoms with van der Waals surface area (Å²) in [5.41, 5.74) is 1.99. The van der Waals surface area contributed by atoms with Crippen LogP contribution in [0.2, 0.25) is 0 Å². The molecule has 1 aromatic heterocycles. The zero-order valence-corrected chi connectivity index (χ0v) is 10.2. The summed E-state index contributed by atoms with van der Waals surface area (Å²) in [6.07, 6.45) is 9.38. The first-order valence-corrected chi connectivity index (χ1v) is 6.23. The summed E-state index contributed by atoms with van der Waals surface area (Å²) in [4.78, 5) is 11.6. The fourth-order valence-electron chi connectivity index (χ4n) is 2.76. The van der Waals surface area contributed by atoms with Crippen LogP contribution in [0, 0.1) is 0 Å². The number of Topliss-reactive ketones (excluding diaryl/α,β-unsaturated/α-hetero) is 1. The van der Waals surface area contributed by atoms with E-state index in [1.165, 1.54) is 38.5 Å². The van der Waals surface area contributed by atoms with E-state index >= 15 is 0 Å². The van der Waals surface area contributed by atoms with Gasteiger partial charge < -0.3 is 0 Å². The lowest BCUT2D eigenvalue weighted by Gasteiger charge is -2.15. The maximum atomic E-state index is 11.6. The molecule has 0 atom stereocenters. The number of hydrogen-bond donors (Lipinski definition) is 0. The van der Waals surface area contributed by atoms with Crippen LogP contribution in [0.1, 0.15) is 67.4 Å². The normalized spacial score (nSPS) is 18.4. The molecule has 0 aliphatic heterocycles. The SMILES string of the molecule is CC(=O)c1cnn(C)c1C1CCCCCC1. The second-order valence-corrected chi connectivity index (χ2v) is 4.81. The second kappa shape index (κ2) is 4.81. The first-order chi connectivity index (χ1) is 7.70. The van der Waals surface area contributed by atoms with E-state index in [-0.39, 0.29) is 5.78 Å².